The molecule has 1 aliphatic rings. The highest BCUT2D eigenvalue weighted by atomic mass is 79.9. The van der Waals surface area contributed by atoms with Crippen molar-refractivity contribution in [2.75, 3.05) is 18.9 Å². The van der Waals surface area contributed by atoms with Gasteiger partial charge in [-0.2, -0.15) is 0 Å². The lowest BCUT2D eigenvalue weighted by Gasteiger charge is -2.21. The van der Waals surface area contributed by atoms with Gasteiger partial charge in [-0.1, -0.05) is 22.0 Å². The number of esters is 1. The van der Waals surface area contributed by atoms with Crippen LogP contribution in [0.1, 0.15) is 6.92 Å². The van der Waals surface area contributed by atoms with Gasteiger partial charge in [0.25, 0.3) is 0 Å². The van der Waals surface area contributed by atoms with Crippen molar-refractivity contribution in [3.63, 3.8) is 0 Å². The van der Waals surface area contributed by atoms with Gasteiger partial charge in [0.1, 0.15) is 0 Å². The van der Waals surface area contributed by atoms with Crippen molar-refractivity contribution in [1.29, 1.82) is 0 Å². The predicted octanol–water partition coefficient (Wildman–Crippen LogP) is 2.67. The van der Waals surface area contributed by atoms with Crippen LogP contribution in [0.15, 0.2) is 44.9 Å². The average Bonchev–Trinajstić information content (AvgIpc) is 2.45. The number of nitrogens with one attached hydrogen (secondary N) is 2. The number of halogens is 1. The van der Waals surface area contributed by atoms with Crippen LogP contribution in [-0.4, -0.2) is 30.9 Å². The number of urea groups is 1. The first-order valence-corrected chi connectivity index (χ1v) is 8.20. The van der Waals surface area contributed by atoms with Gasteiger partial charge < -0.3 is 15.4 Å². The van der Waals surface area contributed by atoms with E-state index in [2.05, 4.69) is 26.6 Å². The lowest BCUT2D eigenvalue weighted by molar-refractivity contribution is -0.138. The highest BCUT2D eigenvalue weighted by Crippen LogP contribution is 2.24. The van der Waals surface area contributed by atoms with Gasteiger partial charge in [-0.15, -0.1) is 11.8 Å². The Balaban J connectivity index is 2.12. The van der Waals surface area contributed by atoms with Crippen molar-refractivity contribution in [3.8, 4) is 0 Å². The Labute approximate surface area is 135 Å². The van der Waals surface area contributed by atoms with E-state index in [1.54, 1.807) is 18.7 Å². The number of ether oxygens (including phenoxy) is 1. The van der Waals surface area contributed by atoms with E-state index in [0.717, 1.165) is 9.37 Å². The molecule has 0 radical (unpaired) electrons. The zero-order valence-electron chi connectivity index (χ0n) is 11.4. The largest absolute Gasteiger partial charge is 0.463 e. The van der Waals surface area contributed by atoms with E-state index < -0.39 is 5.97 Å². The third-order valence-electron chi connectivity index (χ3n) is 2.76. The Morgan fingerprint density at radius 3 is 3.00 bits per heavy atom. The quantitative estimate of drug-likeness (QED) is 0.617. The molecular weight excluding hydrogens is 356 g/mol. The molecule has 1 aliphatic heterocycles. The zero-order chi connectivity index (χ0) is 15.2. The van der Waals surface area contributed by atoms with E-state index in [9.17, 15) is 9.59 Å². The first-order chi connectivity index (χ1) is 10.1. The van der Waals surface area contributed by atoms with Crippen LogP contribution in [0.5, 0.6) is 0 Å². The van der Waals surface area contributed by atoms with Crippen molar-refractivity contribution in [3.05, 3.63) is 40.0 Å². The maximum absolute atomic E-state index is 11.9. The lowest BCUT2D eigenvalue weighted by Crippen LogP contribution is -2.44. The molecule has 21 heavy (non-hydrogen) atoms. The molecule has 0 saturated heterocycles. The Kier molecular flexibility index (Phi) is 5.69. The van der Waals surface area contributed by atoms with Gasteiger partial charge in [0.15, 0.2) is 0 Å². The van der Waals surface area contributed by atoms with Gasteiger partial charge in [0.2, 0.25) is 0 Å². The molecule has 0 saturated carbocycles. The van der Waals surface area contributed by atoms with Crippen LogP contribution in [0.2, 0.25) is 0 Å². The molecule has 2 N–H and O–H groups in total. The number of rotatable bonds is 5. The fourth-order valence-electron chi connectivity index (χ4n) is 1.78. The summed E-state index contributed by atoms with van der Waals surface area (Å²) in [5.41, 5.74) is 1.07. The molecule has 1 heterocycles. The third-order valence-corrected chi connectivity index (χ3v) is 4.27. The molecule has 1 aromatic carbocycles. The molecule has 0 fully saturated rings. The van der Waals surface area contributed by atoms with Gasteiger partial charge in [-0.05, 0) is 25.1 Å². The highest BCUT2D eigenvalue weighted by molar-refractivity contribution is 9.10. The van der Waals surface area contributed by atoms with E-state index in [-0.39, 0.29) is 12.6 Å². The number of carbonyl (C=O) groups is 2. The predicted molar refractivity (Wildman–Crippen MR) is 85.1 cm³/mol. The Hall–Kier alpha value is -1.47. The fourth-order valence-corrected chi connectivity index (χ4v) is 3.27. The first kappa shape index (κ1) is 15.9. The molecule has 0 bridgehead atoms. The molecule has 0 aliphatic carbocycles. The van der Waals surface area contributed by atoms with Crippen molar-refractivity contribution in [1.82, 2.24) is 10.6 Å². The van der Waals surface area contributed by atoms with Crippen molar-refractivity contribution in [2.24, 2.45) is 0 Å². The fraction of sp³-hybridized carbons (Fsp3) is 0.286. The van der Waals surface area contributed by atoms with Crippen molar-refractivity contribution in [2.45, 2.75) is 11.8 Å². The second kappa shape index (κ2) is 7.51. The Bertz CT molecular complexity index is 589. The summed E-state index contributed by atoms with van der Waals surface area (Å²) in [6.45, 7) is 2.25. The maximum Gasteiger partial charge on any atom is 0.337 e. The van der Waals surface area contributed by atoms with Crippen LogP contribution >= 0.6 is 27.7 Å². The molecule has 0 aromatic heterocycles. The minimum atomic E-state index is -0.394. The lowest BCUT2D eigenvalue weighted by atomic mass is 10.2. The van der Waals surface area contributed by atoms with Crippen LogP contribution < -0.4 is 10.6 Å². The highest BCUT2D eigenvalue weighted by Gasteiger charge is 2.23. The summed E-state index contributed by atoms with van der Waals surface area (Å²) in [7, 11) is 0. The Morgan fingerprint density at radius 1 is 1.48 bits per heavy atom. The number of benzene rings is 1. The second-order valence-corrected chi connectivity index (χ2v) is 6.20. The van der Waals surface area contributed by atoms with Crippen LogP contribution in [0, 0.1) is 0 Å². The molecule has 112 valence electrons. The minimum Gasteiger partial charge on any atom is -0.463 e. The summed E-state index contributed by atoms with van der Waals surface area (Å²) >= 11 is 4.96. The summed E-state index contributed by atoms with van der Waals surface area (Å²) < 4.78 is 6.00. The van der Waals surface area contributed by atoms with Gasteiger partial charge >= 0.3 is 12.0 Å². The normalized spacial score (nSPS) is 14.5. The molecule has 0 unspecified atom stereocenters. The molecule has 2 amide bonds. The van der Waals surface area contributed by atoms with E-state index in [1.807, 2.05) is 24.3 Å². The molecule has 0 atom stereocenters. The number of amides is 2. The van der Waals surface area contributed by atoms with E-state index in [0.29, 0.717) is 23.6 Å². The number of hydrogen-bond acceptors (Lipinski definition) is 4. The standard InChI is InChI=1S/C14H15BrN2O3S/c1-2-20-13(18)11-7-16-14(19)17-12(11)8-21-10-5-3-4-9(15)6-10/h3-6H,2,7-8H2,1H3,(H2,16,17,19). The van der Waals surface area contributed by atoms with Crippen molar-refractivity contribution < 1.29 is 14.3 Å². The second-order valence-electron chi connectivity index (χ2n) is 4.23. The number of carbonyl (C=O) groups excluding carboxylic acids is 2. The molecule has 2 rings (SSSR count). The van der Waals surface area contributed by atoms with Crippen LogP contribution in [0.3, 0.4) is 0 Å². The summed E-state index contributed by atoms with van der Waals surface area (Å²) in [6.07, 6.45) is 0. The minimum absolute atomic E-state index is 0.193. The maximum atomic E-state index is 11.9. The van der Waals surface area contributed by atoms with Gasteiger partial charge in [-0.3, -0.25) is 0 Å². The van der Waals surface area contributed by atoms with Gasteiger partial charge in [-0.25, -0.2) is 9.59 Å². The van der Waals surface area contributed by atoms with E-state index in [4.69, 9.17) is 4.74 Å². The zero-order valence-corrected chi connectivity index (χ0v) is 13.8. The summed E-state index contributed by atoms with van der Waals surface area (Å²) in [4.78, 5) is 24.4. The third kappa shape index (κ3) is 4.50. The molecule has 7 heteroatoms. The summed E-state index contributed by atoms with van der Waals surface area (Å²) in [6, 6.07) is 7.54. The summed E-state index contributed by atoms with van der Waals surface area (Å²) in [5.74, 6) is 0.104. The monoisotopic (exact) mass is 370 g/mol. The molecular formula is C14H15BrN2O3S. The van der Waals surface area contributed by atoms with Crippen molar-refractivity contribution >= 4 is 39.7 Å². The average molecular weight is 371 g/mol. The van der Waals surface area contributed by atoms with Crippen LogP contribution in [0.4, 0.5) is 4.79 Å². The molecule has 0 spiro atoms. The SMILES string of the molecule is CCOC(=O)C1=C(CSc2cccc(Br)c2)NC(=O)NC1. The summed E-state index contributed by atoms with van der Waals surface area (Å²) in [5, 5.41) is 5.27. The molecule has 1 aromatic rings. The number of hydrogen-bond donors (Lipinski definition) is 2. The molecule has 5 nitrogen and oxygen atoms in total. The van der Waals surface area contributed by atoms with E-state index >= 15 is 0 Å². The van der Waals surface area contributed by atoms with Crippen LogP contribution in [0.25, 0.3) is 0 Å². The van der Waals surface area contributed by atoms with Gasteiger partial charge in [0, 0.05) is 20.8 Å². The van der Waals surface area contributed by atoms with Gasteiger partial charge in [0.05, 0.1) is 18.7 Å². The first-order valence-electron chi connectivity index (χ1n) is 6.42. The van der Waals surface area contributed by atoms with E-state index in [1.165, 1.54) is 0 Å². The topological polar surface area (TPSA) is 67.4 Å². The van der Waals surface area contributed by atoms with Crippen LogP contribution in [-0.2, 0) is 9.53 Å². The number of thioether (sulfide) groups is 1. The Morgan fingerprint density at radius 2 is 2.29 bits per heavy atom. The smallest absolute Gasteiger partial charge is 0.337 e.